The van der Waals surface area contributed by atoms with E-state index < -0.39 is 12.8 Å². The number of hydrogen-bond acceptors (Lipinski definition) is 10. The predicted molar refractivity (Wildman–Crippen MR) is 162 cm³/mol. The number of hydrogen-bond donors (Lipinski definition) is 3. The van der Waals surface area contributed by atoms with Gasteiger partial charge in [0.25, 0.3) is 0 Å². The lowest BCUT2D eigenvalue weighted by Crippen LogP contribution is -2.48. The number of nitrogens with two attached hydrogens (primary N) is 1. The van der Waals surface area contributed by atoms with Crippen molar-refractivity contribution in [3.05, 3.63) is 41.8 Å². The molecule has 1 saturated heterocycles. The molecule has 43 heavy (non-hydrogen) atoms. The van der Waals surface area contributed by atoms with Crippen molar-refractivity contribution in [3.63, 3.8) is 0 Å². The molecular weight excluding hydrogens is 561 g/mol. The second kappa shape index (κ2) is 15.6. The number of alkyl halides is 3. The van der Waals surface area contributed by atoms with Gasteiger partial charge in [-0.15, -0.1) is 0 Å². The number of halogens is 3. The monoisotopic (exact) mass is 606 g/mol. The van der Waals surface area contributed by atoms with Crippen molar-refractivity contribution >= 4 is 17.4 Å². The van der Waals surface area contributed by atoms with Gasteiger partial charge in [0.2, 0.25) is 0 Å². The van der Waals surface area contributed by atoms with Crippen LogP contribution in [0.4, 0.5) is 19.0 Å². The molecule has 2 aliphatic heterocycles. The lowest BCUT2D eigenvalue weighted by Gasteiger charge is -2.35. The fourth-order valence-electron chi connectivity index (χ4n) is 5.22. The second-order valence-electron chi connectivity index (χ2n) is 11.4. The van der Waals surface area contributed by atoms with Crippen LogP contribution in [-0.2, 0) is 9.47 Å². The minimum Gasteiger partial charge on any atom is -0.402 e. The van der Waals surface area contributed by atoms with Crippen molar-refractivity contribution in [2.75, 3.05) is 44.7 Å². The molecule has 13 heteroatoms. The lowest BCUT2D eigenvalue weighted by atomic mass is 9.88. The largest absolute Gasteiger partial charge is 0.411 e. The summed E-state index contributed by atoms with van der Waals surface area (Å²) in [5.41, 5.74) is 8.85. The maximum atomic E-state index is 12.7. The molecule has 0 amide bonds. The molecule has 2 unspecified atom stereocenters. The van der Waals surface area contributed by atoms with E-state index in [1.54, 1.807) is 12.3 Å². The van der Waals surface area contributed by atoms with Crippen molar-refractivity contribution in [3.8, 4) is 0 Å². The number of aromatic nitrogens is 2. The fraction of sp³-hybridized carbons (Fsp3) is 0.667. The summed E-state index contributed by atoms with van der Waals surface area (Å²) in [4.78, 5) is 20.4. The number of rotatable bonds is 12. The Morgan fingerprint density at radius 1 is 1.30 bits per heavy atom. The maximum absolute atomic E-state index is 12.7. The molecule has 3 atom stereocenters. The smallest absolute Gasteiger partial charge is 0.402 e. The zero-order valence-corrected chi connectivity index (χ0v) is 25.4. The number of allylic oxidation sites excluding steroid dienone is 2. The van der Waals surface area contributed by atoms with E-state index in [-0.39, 0.29) is 25.2 Å². The topological polar surface area (TPSA) is 122 Å². The highest BCUT2D eigenvalue weighted by atomic mass is 19.4. The predicted octanol–water partition coefficient (Wildman–Crippen LogP) is 4.43. The average Bonchev–Trinajstić information content (AvgIpc) is 3.79. The third kappa shape index (κ3) is 10.6. The van der Waals surface area contributed by atoms with Crippen LogP contribution in [0.15, 0.2) is 51.7 Å². The first kappa shape index (κ1) is 32.9. The fourth-order valence-corrected chi connectivity index (χ4v) is 5.22. The van der Waals surface area contributed by atoms with Gasteiger partial charge in [-0.05, 0) is 63.5 Å². The van der Waals surface area contributed by atoms with Crippen molar-refractivity contribution in [2.45, 2.75) is 83.7 Å². The standard InChI is InChI=1S/C30H45F3N8O2/c1-4-22(43-23-6-7-23)8-9-24(34)27-20(2)5-10-26(41-15-13-36-21(3)17-41)40-29(39-25-11-12-35-19-38-25)28(27)37-14-16-42-18-30(31,32)33/h10-12,19-23,36H,4-9,13-18,34H2,1-3H3,(H,35,38,39,40)/b26-10-,27-24?,37-28?/t20?,21-,22?/m1/s1. The molecule has 0 radical (unpaired) electrons. The van der Waals surface area contributed by atoms with Crippen LogP contribution in [-0.4, -0.2) is 90.2 Å². The van der Waals surface area contributed by atoms with E-state index in [1.807, 2.05) is 0 Å². The molecule has 1 aromatic rings. The molecule has 3 heterocycles. The Bertz CT molecular complexity index is 1170. The SMILES string of the molecule is CCC(CCC(N)=C1C(=NCCOCC(F)(F)F)/C(Nc2ccncn2)=N\C(N2CCN[C@H](C)C2)=C\CC1C)OC1CC1. The first-order valence-electron chi connectivity index (χ1n) is 15.3. The van der Waals surface area contributed by atoms with E-state index >= 15 is 0 Å². The Morgan fingerprint density at radius 2 is 2.12 bits per heavy atom. The third-order valence-corrected chi connectivity index (χ3v) is 7.59. The number of aliphatic imine (C=N–C) groups is 2. The van der Waals surface area contributed by atoms with Gasteiger partial charge in [0, 0.05) is 43.1 Å². The highest BCUT2D eigenvalue weighted by molar-refractivity contribution is 6.51. The summed E-state index contributed by atoms with van der Waals surface area (Å²) in [6, 6.07) is 2.01. The van der Waals surface area contributed by atoms with Crippen LogP contribution in [0.1, 0.15) is 59.3 Å². The van der Waals surface area contributed by atoms with E-state index in [0.29, 0.717) is 48.0 Å². The van der Waals surface area contributed by atoms with Gasteiger partial charge in [0.05, 0.1) is 25.4 Å². The number of ether oxygens (including phenoxy) is 2. The van der Waals surface area contributed by atoms with Crippen molar-refractivity contribution < 1.29 is 22.6 Å². The minimum absolute atomic E-state index is 0.00544. The number of piperazine rings is 1. The maximum Gasteiger partial charge on any atom is 0.411 e. The molecule has 1 saturated carbocycles. The highest BCUT2D eigenvalue weighted by Crippen LogP contribution is 2.30. The quantitative estimate of drug-likeness (QED) is 0.299. The molecule has 1 aromatic heterocycles. The van der Waals surface area contributed by atoms with Gasteiger partial charge in [-0.3, -0.25) is 4.99 Å². The summed E-state index contributed by atoms with van der Waals surface area (Å²) in [6.45, 7) is 7.22. The molecule has 0 spiro atoms. The molecule has 0 bridgehead atoms. The summed E-state index contributed by atoms with van der Waals surface area (Å²) in [5, 5.41) is 6.77. The van der Waals surface area contributed by atoms with Gasteiger partial charge in [-0.2, -0.15) is 13.2 Å². The molecule has 4 rings (SSSR count). The second-order valence-corrected chi connectivity index (χ2v) is 11.4. The Hall–Kier alpha value is -3.03. The molecule has 2 fully saturated rings. The molecule has 10 nitrogen and oxygen atoms in total. The zero-order valence-electron chi connectivity index (χ0n) is 25.4. The Morgan fingerprint density at radius 3 is 2.79 bits per heavy atom. The summed E-state index contributed by atoms with van der Waals surface area (Å²) in [7, 11) is 0. The molecule has 3 aliphatic rings. The van der Waals surface area contributed by atoms with Crippen molar-refractivity contribution in [1.82, 2.24) is 20.2 Å². The lowest BCUT2D eigenvalue weighted by molar-refractivity contribution is -0.173. The van der Waals surface area contributed by atoms with Crippen molar-refractivity contribution in [2.24, 2.45) is 21.6 Å². The van der Waals surface area contributed by atoms with Gasteiger partial charge >= 0.3 is 6.18 Å². The van der Waals surface area contributed by atoms with Crippen LogP contribution >= 0.6 is 0 Å². The Balaban J connectivity index is 1.70. The Kier molecular flexibility index (Phi) is 11.9. The molecule has 0 aromatic carbocycles. The van der Waals surface area contributed by atoms with Crippen LogP contribution in [0, 0.1) is 5.92 Å². The summed E-state index contributed by atoms with van der Waals surface area (Å²) >= 11 is 0. The van der Waals surface area contributed by atoms with E-state index in [9.17, 15) is 13.2 Å². The van der Waals surface area contributed by atoms with E-state index in [1.165, 1.54) is 6.33 Å². The van der Waals surface area contributed by atoms with Gasteiger partial charge < -0.3 is 30.7 Å². The van der Waals surface area contributed by atoms with E-state index in [2.05, 4.69) is 52.3 Å². The van der Waals surface area contributed by atoms with Crippen LogP contribution in [0.3, 0.4) is 0 Å². The van der Waals surface area contributed by atoms with Crippen LogP contribution in [0.25, 0.3) is 0 Å². The van der Waals surface area contributed by atoms with Crippen LogP contribution in [0.5, 0.6) is 0 Å². The number of amidine groups is 1. The number of anilines is 1. The van der Waals surface area contributed by atoms with E-state index in [4.69, 9.17) is 25.2 Å². The molecule has 238 valence electrons. The van der Waals surface area contributed by atoms with Crippen LogP contribution < -0.4 is 16.4 Å². The first-order valence-corrected chi connectivity index (χ1v) is 15.3. The Labute approximate surface area is 252 Å². The van der Waals surface area contributed by atoms with E-state index in [0.717, 1.165) is 56.7 Å². The first-order chi connectivity index (χ1) is 20.6. The van der Waals surface area contributed by atoms with Gasteiger partial charge in [0.1, 0.15) is 30.3 Å². The average molecular weight is 607 g/mol. The van der Waals surface area contributed by atoms with Crippen molar-refractivity contribution in [1.29, 1.82) is 0 Å². The third-order valence-electron chi connectivity index (χ3n) is 7.59. The summed E-state index contributed by atoms with van der Waals surface area (Å²) in [5.74, 6) is 1.71. The summed E-state index contributed by atoms with van der Waals surface area (Å²) < 4.78 is 49.2. The highest BCUT2D eigenvalue weighted by Gasteiger charge is 2.30. The molecule has 1 aliphatic carbocycles. The molecular formula is C30H45F3N8O2. The van der Waals surface area contributed by atoms with Gasteiger partial charge in [-0.25, -0.2) is 15.0 Å². The van der Waals surface area contributed by atoms with Gasteiger partial charge in [-0.1, -0.05) is 13.8 Å². The number of nitrogens with one attached hydrogen (secondary N) is 2. The number of nitrogens with zero attached hydrogens (tertiary/aromatic N) is 5. The normalized spacial score (nSPS) is 27.0. The minimum atomic E-state index is -4.41. The molecule has 4 N–H and O–H groups in total. The van der Waals surface area contributed by atoms with Crippen LogP contribution in [0.2, 0.25) is 0 Å². The summed E-state index contributed by atoms with van der Waals surface area (Å²) in [6.07, 6.45) is 6.37. The van der Waals surface area contributed by atoms with Gasteiger partial charge in [0.15, 0.2) is 5.84 Å². The zero-order chi connectivity index (χ0) is 30.8.